The third-order valence-corrected chi connectivity index (χ3v) is 4.27. The maximum Gasteiger partial charge on any atom is 0.123 e. The second-order valence-corrected chi connectivity index (χ2v) is 6.01. The average molecular weight is 330 g/mol. The molecular weight excluding hydrogens is 312 g/mol. The lowest BCUT2D eigenvalue weighted by molar-refractivity contribution is 0.412. The van der Waals surface area contributed by atoms with Gasteiger partial charge in [-0.3, -0.25) is 9.67 Å². The number of rotatable bonds is 3. The Kier molecular flexibility index (Phi) is 3.69. The Labute approximate surface area is 145 Å². The summed E-state index contributed by atoms with van der Waals surface area (Å²) < 4.78 is 7.25. The lowest BCUT2D eigenvalue weighted by Crippen LogP contribution is -1.94. The summed E-state index contributed by atoms with van der Waals surface area (Å²) in [7, 11) is 3.58. The molecule has 0 radical (unpaired) electrons. The summed E-state index contributed by atoms with van der Waals surface area (Å²) in [5, 5.41) is 5.32. The minimum Gasteiger partial charge on any atom is -0.496 e. The zero-order chi connectivity index (χ0) is 17.4. The molecule has 0 N–H and O–H groups in total. The van der Waals surface area contributed by atoms with E-state index in [2.05, 4.69) is 22.2 Å². The predicted octanol–water partition coefficient (Wildman–Crippen LogP) is 4.01. The molecule has 0 aliphatic rings. The highest BCUT2D eigenvalue weighted by atomic mass is 16.5. The van der Waals surface area contributed by atoms with Crippen molar-refractivity contribution in [3.05, 3.63) is 60.6 Å². The van der Waals surface area contributed by atoms with E-state index in [9.17, 15) is 0 Å². The first-order valence-corrected chi connectivity index (χ1v) is 8.05. The van der Waals surface area contributed by atoms with Crippen LogP contribution in [-0.4, -0.2) is 26.9 Å². The number of pyridine rings is 2. The van der Waals surface area contributed by atoms with Gasteiger partial charge in [-0.15, -0.1) is 0 Å². The number of aryl methyl sites for hydroxylation is 2. The topological polar surface area (TPSA) is 52.8 Å². The van der Waals surface area contributed by atoms with E-state index < -0.39 is 0 Å². The first-order valence-electron chi connectivity index (χ1n) is 8.05. The molecule has 0 unspecified atom stereocenters. The van der Waals surface area contributed by atoms with E-state index in [-0.39, 0.29) is 0 Å². The Bertz CT molecular complexity index is 1050. The molecule has 1 aromatic carbocycles. The van der Waals surface area contributed by atoms with E-state index in [0.717, 1.165) is 44.7 Å². The molecule has 0 fully saturated rings. The Hall–Kier alpha value is -3.21. The Morgan fingerprint density at radius 1 is 1.08 bits per heavy atom. The van der Waals surface area contributed by atoms with Crippen molar-refractivity contribution in [2.75, 3.05) is 7.11 Å². The molecule has 0 spiro atoms. The Morgan fingerprint density at radius 3 is 2.64 bits per heavy atom. The van der Waals surface area contributed by atoms with E-state index in [0.29, 0.717) is 0 Å². The number of aromatic nitrogens is 4. The van der Waals surface area contributed by atoms with Crippen LogP contribution in [0.15, 0.2) is 55.0 Å². The average Bonchev–Trinajstić information content (AvgIpc) is 3.07. The van der Waals surface area contributed by atoms with Crippen molar-refractivity contribution in [3.8, 4) is 28.3 Å². The van der Waals surface area contributed by atoms with E-state index in [1.807, 2.05) is 56.8 Å². The zero-order valence-electron chi connectivity index (χ0n) is 14.4. The van der Waals surface area contributed by atoms with Crippen LogP contribution in [0.2, 0.25) is 0 Å². The van der Waals surface area contributed by atoms with Gasteiger partial charge in [-0.05, 0) is 36.8 Å². The van der Waals surface area contributed by atoms with Crippen LogP contribution < -0.4 is 4.74 Å². The van der Waals surface area contributed by atoms with Crippen LogP contribution in [0.3, 0.4) is 0 Å². The molecule has 0 atom stereocenters. The molecule has 0 aliphatic carbocycles. The highest BCUT2D eigenvalue weighted by molar-refractivity contribution is 5.97. The van der Waals surface area contributed by atoms with Gasteiger partial charge >= 0.3 is 0 Å². The van der Waals surface area contributed by atoms with Gasteiger partial charge in [-0.2, -0.15) is 5.10 Å². The lowest BCUT2D eigenvalue weighted by atomic mass is 10.0. The second kappa shape index (κ2) is 6.02. The van der Waals surface area contributed by atoms with Crippen LogP contribution in [0.4, 0.5) is 0 Å². The molecule has 4 aromatic rings. The van der Waals surface area contributed by atoms with Gasteiger partial charge in [0, 0.05) is 42.0 Å². The van der Waals surface area contributed by atoms with Crippen molar-refractivity contribution in [1.82, 2.24) is 19.7 Å². The normalized spacial score (nSPS) is 11.0. The van der Waals surface area contributed by atoms with E-state index >= 15 is 0 Å². The number of ether oxygens (including phenoxy) is 1. The first kappa shape index (κ1) is 15.3. The molecular formula is C20H18N4O. The van der Waals surface area contributed by atoms with Crippen molar-refractivity contribution in [3.63, 3.8) is 0 Å². The highest BCUT2D eigenvalue weighted by Crippen LogP contribution is 2.34. The predicted molar refractivity (Wildman–Crippen MR) is 98.5 cm³/mol. The zero-order valence-corrected chi connectivity index (χ0v) is 14.4. The van der Waals surface area contributed by atoms with Gasteiger partial charge in [-0.25, -0.2) is 4.98 Å². The Balaban J connectivity index is 2.04. The fourth-order valence-corrected chi connectivity index (χ4v) is 3.02. The second-order valence-electron chi connectivity index (χ2n) is 6.01. The molecule has 3 aromatic heterocycles. The van der Waals surface area contributed by atoms with E-state index in [4.69, 9.17) is 9.72 Å². The Morgan fingerprint density at radius 2 is 1.96 bits per heavy atom. The van der Waals surface area contributed by atoms with Crippen molar-refractivity contribution >= 4 is 10.9 Å². The molecule has 4 rings (SSSR count). The van der Waals surface area contributed by atoms with Crippen LogP contribution in [0.5, 0.6) is 5.75 Å². The number of fused-ring (bicyclic) bond motifs is 1. The molecule has 124 valence electrons. The summed E-state index contributed by atoms with van der Waals surface area (Å²) in [4.78, 5) is 9.37. The van der Waals surface area contributed by atoms with Gasteiger partial charge < -0.3 is 4.74 Å². The van der Waals surface area contributed by atoms with Crippen molar-refractivity contribution in [1.29, 1.82) is 0 Å². The first-order chi connectivity index (χ1) is 12.2. The minimum atomic E-state index is 0.829. The van der Waals surface area contributed by atoms with Gasteiger partial charge in [0.15, 0.2) is 0 Å². The number of benzene rings is 1. The van der Waals surface area contributed by atoms with Crippen LogP contribution in [0, 0.1) is 6.92 Å². The molecule has 5 nitrogen and oxygen atoms in total. The minimum absolute atomic E-state index is 0.829. The van der Waals surface area contributed by atoms with Gasteiger partial charge in [0.25, 0.3) is 0 Å². The molecule has 3 heterocycles. The van der Waals surface area contributed by atoms with Gasteiger partial charge in [0.2, 0.25) is 0 Å². The van der Waals surface area contributed by atoms with Gasteiger partial charge in [0.05, 0.1) is 30.2 Å². The number of hydrogen-bond acceptors (Lipinski definition) is 4. The van der Waals surface area contributed by atoms with E-state index in [1.165, 1.54) is 0 Å². The van der Waals surface area contributed by atoms with Crippen LogP contribution in [-0.2, 0) is 7.05 Å². The number of methoxy groups -OCH3 is 1. The monoisotopic (exact) mass is 330 g/mol. The maximum atomic E-state index is 5.48. The van der Waals surface area contributed by atoms with Gasteiger partial charge in [0.1, 0.15) is 5.75 Å². The van der Waals surface area contributed by atoms with Crippen LogP contribution in [0.25, 0.3) is 33.4 Å². The summed E-state index contributed by atoms with van der Waals surface area (Å²) in [6.07, 6.45) is 5.59. The lowest BCUT2D eigenvalue weighted by Gasteiger charge is -2.12. The smallest absolute Gasteiger partial charge is 0.123 e. The fourth-order valence-electron chi connectivity index (χ4n) is 3.02. The van der Waals surface area contributed by atoms with Crippen LogP contribution >= 0.6 is 0 Å². The summed E-state index contributed by atoms with van der Waals surface area (Å²) >= 11 is 0. The van der Waals surface area contributed by atoms with Gasteiger partial charge in [-0.1, -0.05) is 6.07 Å². The molecule has 25 heavy (non-hydrogen) atoms. The third kappa shape index (κ3) is 2.74. The van der Waals surface area contributed by atoms with Crippen molar-refractivity contribution in [2.45, 2.75) is 6.92 Å². The number of nitrogens with zero attached hydrogens (tertiary/aromatic N) is 4. The highest BCUT2D eigenvalue weighted by Gasteiger charge is 2.13. The molecule has 0 bridgehead atoms. The quantitative estimate of drug-likeness (QED) is 0.569. The molecule has 5 heteroatoms. The largest absolute Gasteiger partial charge is 0.496 e. The summed E-state index contributed by atoms with van der Waals surface area (Å²) in [5.41, 5.74) is 5.76. The summed E-state index contributed by atoms with van der Waals surface area (Å²) in [6, 6.07) is 12.1. The maximum absolute atomic E-state index is 5.48. The molecule has 0 aliphatic heterocycles. The summed E-state index contributed by atoms with van der Waals surface area (Å²) in [5.74, 6) is 0.829. The van der Waals surface area contributed by atoms with Crippen molar-refractivity contribution < 1.29 is 4.74 Å². The molecule has 0 saturated carbocycles. The third-order valence-electron chi connectivity index (χ3n) is 4.27. The molecule has 0 saturated heterocycles. The fraction of sp³-hybridized carbons (Fsp3) is 0.150. The SMILES string of the molecule is COc1cc2nc(-c3cnn(C)c3)cc(-c3ccccn3)c2cc1C. The molecule has 0 amide bonds. The van der Waals surface area contributed by atoms with Crippen molar-refractivity contribution in [2.24, 2.45) is 7.05 Å². The van der Waals surface area contributed by atoms with Crippen LogP contribution in [0.1, 0.15) is 5.56 Å². The number of hydrogen-bond donors (Lipinski definition) is 0. The summed E-state index contributed by atoms with van der Waals surface area (Å²) in [6.45, 7) is 2.04. The van der Waals surface area contributed by atoms with E-state index in [1.54, 1.807) is 11.8 Å². The standard InChI is InChI=1S/C20H18N4O/c1-13-8-15-16(17-6-4-5-7-21-17)9-18(14-11-22-24(2)12-14)23-19(15)10-20(13)25-3/h4-12H,1-3H3.